The Morgan fingerprint density at radius 1 is 0.492 bits per heavy atom. The van der Waals surface area contributed by atoms with Crippen LogP contribution in [-0.2, 0) is 0 Å². The molecule has 4 aromatic heterocycles. The minimum atomic E-state index is 0.678. The van der Waals surface area contributed by atoms with Gasteiger partial charge >= 0.3 is 0 Å². The van der Waals surface area contributed by atoms with Gasteiger partial charge in [-0.15, -0.1) is 11.3 Å². The van der Waals surface area contributed by atoms with E-state index in [2.05, 4.69) is 210 Å². The van der Waals surface area contributed by atoms with Gasteiger partial charge in [0, 0.05) is 64.8 Å². The molecule has 1 N–H and O–H groups in total. The van der Waals surface area contributed by atoms with Crippen LogP contribution >= 0.6 is 11.3 Å². The Kier molecular flexibility index (Phi) is 7.88. The Labute approximate surface area is 378 Å². The molecule has 9 aromatic carbocycles. The molecule has 13 aromatic rings. The highest BCUT2D eigenvalue weighted by Gasteiger charge is 2.25. The van der Waals surface area contributed by atoms with Crippen LogP contribution in [0.5, 0.6) is 0 Å². The minimum Gasteiger partial charge on any atom is -0.454 e. The molecule has 0 unspecified atom stereocenters. The number of benzene rings is 9. The first-order valence-electron chi connectivity index (χ1n) is 22.2. The molecule has 0 amide bonds. The van der Waals surface area contributed by atoms with Crippen molar-refractivity contribution in [1.82, 2.24) is 9.55 Å². The number of aromatic nitrogens is 2. The monoisotopic (exact) mass is 847 g/mol. The van der Waals surface area contributed by atoms with Gasteiger partial charge in [0.25, 0.3) is 0 Å². The number of thiophene rings is 1. The average molecular weight is 848 g/mol. The lowest BCUT2D eigenvalue weighted by molar-refractivity contribution is 0.666. The fraction of sp³-hybridized carbons (Fsp3) is 0.0167. The number of fused-ring (bicyclic) bond motifs is 12. The first-order chi connectivity index (χ1) is 32.2. The molecule has 0 aliphatic carbocycles. The molecular formula is C60H37N3OS. The summed E-state index contributed by atoms with van der Waals surface area (Å²) in [5, 5.41) is 12.1. The molecule has 1 aliphatic heterocycles. The standard InChI is InChI=1S/C60H37N3OS/c1-3-13-36(14-4-1)40-34-48(42-31-32-61-59-44(42)28-25-38-26-29-49(62-58(38)59)37-15-5-2-6-16-37)56-46-20-11-22-52(60(46)64-53(56)35-40)63-50-21-9-7-17-43(50)47-33-39(27-30-51(47)63)41-19-12-24-55-57(41)45-18-8-10-23-54(45)65-55/h1-31,33-35,61H,32H2. The maximum Gasteiger partial charge on any atom is 0.159 e. The van der Waals surface area contributed by atoms with Crippen molar-refractivity contribution in [3.63, 3.8) is 0 Å². The van der Waals surface area contributed by atoms with Crippen molar-refractivity contribution in [3.8, 4) is 39.2 Å². The summed E-state index contributed by atoms with van der Waals surface area (Å²) in [6, 6.07) is 72.3. The Bertz CT molecular complexity index is 4120. The van der Waals surface area contributed by atoms with E-state index in [1.807, 2.05) is 17.4 Å². The number of hydrogen-bond donors (Lipinski definition) is 1. The second-order valence-electron chi connectivity index (χ2n) is 17.0. The molecule has 0 fully saturated rings. The maximum atomic E-state index is 7.22. The first-order valence-corrected chi connectivity index (χ1v) is 23.0. The van der Waals surface area contributed by atoms with E-state index in [0.717, 1.165) is 88.8 Å². The van der Waals surface area contributed by atoms with Crippen LogP contribution in [0.25, 0.3) is 120 Å². The Morgan fingerprint density at radius 2 is 1.23 bits per heavy atom. The average Bonchev–Trinajstić information content (AvgIpc) is 4.06. The number of para-hydroxylation sites is 2. The van der Waals surface area contributed by atoms with Crippen molar-refractivity contribution in [2.24, 2.45) is 0 Å². The van der Waals surface area contributed by atoms with Gasteiger partial charge in [-0.2, -0.15) is 0 Å². The third kappa shape index (κ3) is 5.52. The number of hydrogen-bond acceptors (Lipinski definition) is 4. The van der Waals surface area contributed by atoms with E-state index in [4.69, 9.17) is 9.40 Å². The third-order valence-corrected chi connectivity index (χ3v) is 14.5. The van der Waals surface area contributed by atoms with Crippen LogP contribution in [-0.4, -0.2) is 16.1 Å². The summed E-state index contributed by atoms with van der Waals surface area (Å²) in [6.45, 7) is 0.678. The summed E-state index contributed by atoms with van der Waals surface area (Å²) < 4.78 is 12.2. The summed E-state index contributed by atoms with van der Waals surface area (Å²) in [7, 11) is 0. The van der Waals surface area contributed by atoms with Crippen molar-refractivity contribution < 1.29 is 4.42 Å². The number of rotatable bonds is 5. The van der Waals surface area contributed by atoms with Crippen molar-refractivity contribution in [3.05, 3.63) is 217 Å². The van der Waals surface area contributed by atoms with Gasteiger partial charge in [0.1, 0.15) is 5.58 Å². The molecule has 0 saturated heterocycles. The first kappa shape index (κ1) is 36.3. The van der Waals surface area contributed by atoms with Gasteiger partial charge in [0.05, 0.1) is 33.6 Å². The second kappa shape index (κ2) is 14.1. The number of furan rings is 1. The number of anilines is 1. The van der Waals surface area contributed by atoms with Gasteiger partial charge in [0.2, 0.25) is 0 Å². The summed E-state index contributed by atoms with van der Waals surface area (Å²) in [5.74, 6) is 0. The molecule has 5 heterocycles. The van der Waals surface area contributed by atoms with E-state index in [1.165, 1.54) is 47.6 Å². The molecule has 5 heteroatoms. The van der Waals surface area contributed by atoms with Crippen molar-refractivity contribution >= 4 is 97.4 Å². The molecule has 4 nitrogen and oxygen atoms in total. The fourth-order valence-electron chi connectivity index (χ4n) is 10.5. The smallest absolute Gasteiger partial charge is 0.159 e. The third-order valence-electron chi connectivity index (χ3n) is 13.4. The van der Waals surface area contributed by atoms with Gasteiger partial charge in [0.15, 0.2) is 5.58 Å². The molecule has 0 bridgehead atoms. The molecule has 14 rings (SSSR count). The second-order valence-corrected chi connectivity index (χ2v) is 18.1. The largest absolute Gasteiger partial charge is 0.454 e. The van der Waals surface area contributed by atoms with Crippen LogP contribution in [0, 0.1) is 0 Å². The molecular weight excluding hydrogens is 811 g/mol. The van der Waals surface area contributed by atoms with Crippen LogP contribution < -0.4 is 5.32 Å². The molecule has 1 aliphatic rings. The number of nitrogens with zero attached hydrogens (tertiary/aromatic N) is 2. The highest BCUT2D eigenvalue weighted by molar-refractivity contribution is 7.25. The van der Waals surface area contributed by atoms with E-state index < -0.39 is 0 Å². The molecule has 0 radical (unpaired) electrons. The van der Waals surface area contributed by atoms with Crippen molar-refractivity contribution in [2.75, 3.05) is 11.9 Å². The summed E-state index contributed by atoms with van der Waals surface area (Å²) in [4.78, 5) is 5.28. The summed E-state index contributed by atoms with van der Waals surface area (Å²) >= 11 is 1.86. The van der Waals surface area contributed by atoms with E-state index >= 15 is 0 Å². The minimum absolute atomic E-state index is 0.678. The Hall–Kier alpha value is -8.25. The van der Waals surface area contributed by atoms with E-state index in [-0.39, 0.29) is 0 Å². The van der Waals surface area contributed by atoms with Crippen LogP contribution in [0.15, 0.2) is 211 Å². The predicted octanol–water partition coefficient (Wildman–Crippen LogP) is 16.5. The fourth-order valence-corrected chi connectivity index (χ4v) is 11.6. The molecule has 0 saturated carbocycles. The topological polar surface area (TPSA) is 43.0 Å². The van der Waals surface area contributed by atoms with Crippen molar-refractivity contribution in [1.29, 1.82) is 0 Å². The van der Waals surface area contributed by atoms with Crippen LogP contribution in [0.3, 0.4) is 0 Å². The van der Waals surface area contributed by atoms with Gasteiger partial charge < -0.3 is 14.3 Å². The highest BCUT2D eigenvalue weighted by atomic mass is 32.1. The summed E-state index contributed by atoms with van der Waals surface area (Å²) in [6.07, 6.45) is 2.32. The molecule has 65 heavy (non-hydrogen) atoms. The Balaban J connectivity index is 0.988. The van der Waals surface area contributed by atoms with Crippen LogP contribution in [0.1, 0.15) is 11.1 Å². The van der Waals surface area contributed by atoms with Gasteiger partial charge in [-0.05, 0) is 88.0 Å². The lowest BCUT2D eigenvalue weighted by Gasteiger charge is -2.22. The van der Waals surface area contributed by atoms with Gasteiger partial charge in [-0.1, -0.05) is 152 Å². The number of nitrogens with one attached hydrogen (secondary N) is 1. The highest BCUT2D eigenvalue weighted by Crippen LogP contribution is 2.47. The zero-order valence-electron chi connectivity index (χ0n) is 35.0. The normalized spacial score (nSPS) is 12.8. The molecule has 0 spiro atoms. The summed E-state index contributed by atoms with van der Waals surface area (Å²) in [5.41, 5.74) is 17.2. The Morgan fingerprint density at radius 3 is 2.12 bits per heavy atom. The SMILES string of the molecule is C1=C(c2cc(-c3ccccc3)cc3oc4c(-n5c6ccccc6c6cc(-c7cccc8sc9ccccc9c78)ccc65)cccc4c23)c2ccc3ccc(-c4ccccc4)nc3c2NC1. The quantitative estimate of drug-likeness (QED) is 0.188. The van der Waals surface area contributed by atoms with Crippen molar-refractivity contribution in [2.45, 2.75) is 0 Å². The molecule has 304 valence electrons. The maximum absolute atomic E-state index is 7.22. The van der Waals surface area contributed by atoms with Gasteiger partial charge in [-0.3, -0.25) is 0 Å². The van der Waals surface area contributed by atoms with E-state index in [9.17, 15) is 0 Å². The van der Waals surface area contributed by atoms with E-state index in [0.29, 0.717) is 6.54 Å². The van der Waals surface area contributed by atoms with Crippen LogP contribution in [0.2, 0.25) is 0 Å². The van der Waals surface area contributed by atoms with Gasteiger partial charge in [-0.25, -0.2) is 4.98 Å². The predicted molar refractivity (Wildman–Crippen MR) is 275 cm³/mol. The zero-order chi connectivity index (χ0) is 42.6. The zero-order valence-corrected chi connectivity index (χ0v) is 35.9. The number of pyridine rings is 1. The lowest BCUT2D eigenvalue weighted by atomic mass is 9.88. The lowest BCUT2D eigenvalue weighted by Crippen LogP contribution is -2.10. The molecule has 0 atom stereocenters. The van der Waals surface area contributed by atoms with Crippen LogP contribution in [0.4, 0.5) is 5.69 Å². The van der Waals surface area contributed by atoms with E-state index in [1.54, 1.807) is 0 Å².